The zero-order valence-electron chi connectivity index (χ0n) is 18.4. The molecule has 0 saturated carbocycles. The van der Waals surface area contributed by atoms with Crippen molar-refractivity contribution < 1.29 is 0 Å². The van der Waals surface area contributed by atoms with Crippen LogP contribution in [0.5, 0.6) is 0 Å². The van der Waals surface area contributed by atoms with Gasteiger partial charge in [-0.25, -0.2) is 9.97 Å². The predicted octanol–water partition coefficient (Wildman–Crippen LogP) is 5.62. The van der Waals surface area contributed by atoms with Gasteiger partial charge in [-0.05, 0) is 62.1 Å². The van der Waals surface area contributed by atoms with Crippen molar-refractivity contribution in [3.8, 4) is 11.8 Å². The lowest BCUT2D eigenvalue weighted by Gasteiger charge is -2.31. The molecule has 1 aromatic carbocycles. The fourth-order valence-electron chi connectivity index (χ4n) is 4.33. The van der Waals surface area contributed by atoms with Crippen LogP contribution >= 0.6 is 11.8 Å². The summed E-state index contributed by atoms with van der Waals surface area (Å²) in [4.78, 5) is 13.2. The van der Waals surface area contributed by atoms with E-state index in [2.05, 4.69) is 67.0 Å². The zero-order valence-corrected chi connectivity index (χ0v) is 19.3. The fraction of sp³-hybridized carbons (Fsp3) is 0.458. The maximum Gasteiger partial charge on any atom is 0.150 e. The van der Waals surface area contributed by atoms with Gasteiger partial charge in [0.05, 0.1) is 23.1 Å². The molecule has 0 amide bonds. The SMILES string of the molecule is CSc1cc(C(C)C)ccc1-n1cc(C)c2c(N3CCCC(C#N)C3)nc(C)nc21. The number of anilines is 1. The van der Waals surface area contributed by atoms with Gasteiger partial charge in [0.2, 0.25) is 0 Å². The molecule has 6 heteroatoms. The van der Waals surface area contributed by atoms with E-state index in [1.807, 2.05) is 6.92 Å². The number of hydrogen-bond donors (Lipinski definition) is 0. The van der Waals surface area contributed by atoms with Crippen molar-refractivity contribution in [3.63, 3.8) is 0 Å². The Balaban J connectivity index is 1.89. The van der Waals surface area contributed by atoms with E-state index in [-0.39, 0.29) is 5.92 Å². The van der Waals surface area contributed by atoms with Crippen LogP contribution in [0.4, 0.5) is 5.82 Å². The first kappa shape index (κ1) is 20.7. The van der Waals surface area contributed by atoms with Crippen LogP contribution in [0.15, 0.2) is 29.3 Å². The van der Waals surface area contributed by atoms with E-state index in [1.165, 1.54) is 16.0 Å². The van der Waals surface area contributed by atoms with E-state index in [1.54, 1.807) is 11.8 Å². The summed E-state index contributed by atoms with van der Waals surface area (Å²) in [5, 5.41) is 10.5. The van der Waals surface area contributed by atoms with Crippen LogP contribution in [0.3, 0.4) is 0 Å². The lowest BCUT2D eigenvalue weighted by atomic mass is 9.99. The van der Waals surface area contributed by atoms with Gasteiger partial charge < -0.3 is 4.90 Å². The van der Waals surface area contributed by atoms with Gasteiger partial charge in [-0.2, -0.15) is 5.26 Å². The molecular weight excluding hydrogens is 390 g/mol. The number of thioether (sulfide) groups is 1. The maximum absolute atomic E-state index is 9.43. The molecule has 3 heterocycles. The second kappa shape index (κ2) is 8.31. The van der Waals surface area contributed by atoms with Crippen LogP contribution < -0.4 is 4.90 Å². The molecule has 0 bridgehead atoms. The molecule has 1 unspecified atom stereocenters. The molecule has 1 aliphatic rings. The van der Waals surface area contributed by atoms with Crippen LogP contribution in [0.1, 0.15) is 49.6 Å². The van der Waals surface area contributed by atoms with E-state index in [0.29, 0.717) is 5.92 Å². The molecule has 156 valence electrons. The van der Waals surface area contributed by atoms with Crippen molar-refractivity contribution in [1.82, 2.24) is 14.5 Å². The third-order valence-electron chi connectivity index (χ3n) is 5.96. The molecule has 0 spiro atoms. The number of fused-ring (bicyclic) bond motifs is 1. The summed E-state index contributed by atoms with van der Waals surface area (Å²) in [6.07, 6.45) is 6.30. The van der Waals surface area contributed by atoms with Gasteiger partial charge in [0, 0.05) is 24.2 Å². The van der Waals surface area contributed by atoms with Crippen LogP contribution in [-0.4, -0.2) is 33.9 Å². The van der Waals surface area contributed by atoms with E-state index < -0.39 is 0 Å². The second-order valence-electron chi connectivity index (χ2n) is 8.48. The number of aromatic nitrogens is 3. The number of nitrogens with zero attached hydrogens (tertiary/aromatic N) is 5. The normalized spacial score (nSPS) is 17.0. The molecule has 3 aromatic rings. The quantitative estimate of drug-likeness (QED) is 0.514. The lowest BCUT2D eigenvalue weighted by Crippen LogP contribution is -2.35. The number of benzene rings is 1. The van der Waals surface area contributed by atoms with Gasteiger partial charge in [-0.1, -0.05) is 19.9 Å². The third kappa shape index (κ3) is 3.67. The smallest absolute Gasteiger partial charge is 0.150 e. The van der Waals surface area contributed by atoms with E-state index in [0.717, 1.165) is 54.3 Å². The summed E-state index contributed by atoms with van der Waals surface area (Å²) in [7, 11) is 0. The number of nitriles is 1. The molecule has 1 aliphatic heterocycles. The molecule has 0 aliphatic carbocycles. The minimum Gasteiger partial charge on any atom is -0.355 e. The second-order valence-corrected chi connectivity index (χ2v) is 9.32. The average Bonchev–Trinajstić information content (AvgIpc) is 3.08. The highest BCUT2D eigenvalue weighted by Crippen LogP contribution is 2.35. The standard InChI is InChI=1S/C24H29N5S/c1-15(2)19-8-9-20(21(11-19)30-5)29-13-16(3)22-23(26-17(4)27-24(22)29)28-10-6-7-18(12-25)14-28/h8-9,11,13,15,18H,6-7,10,14H2,1-5H3. The van der Waals surface area contributed by atoms with Crippen LogP contribution in [-0.2, 0) is 0 Å². The number of hydrogen-bond acceptors (Lipinski definition) is 5. The van der Waals surface area contributed by atoms with Gasteiger partial charge in [-0.3, -0.25) is 4.57 Å². The van der Waals surface area contributed by atoms with Crippen molar-refractivity contribution in [3.05, 3.63) is 41.3 Å². The Hall–Kier alpha value is -2.52. The van der Waals surface area contributed by atoms with Crippen LogP contribution in [0.2, 0.25) is 0 Å². The fourth-order valence-corrected chi connectivity index (χ4v) is 4.96. The zero-order chi connectivity index (χ0) is 21.4. The Morgan fingerprint density at radius 2 is 2.03 bits per heavy atom. The predicted molar refractivity (Wildman–Crippen MR) is 125 cm³/mol. The third-order valence-corrected chi connectivity index (χ3v) is 6.73. The Morgan fingerprint density at radius 1 is 1.23 bits per heavy atom. The van der Waals surface area contributed by atoms with Crippen molar-refractivity contribution in [2.24, 2.45) is 5.92 Å². The van der Waals surface area contributed by atoms with Gasteiger partial charge in [0.1, 0.15) is 11.6 Å². The van der Waals surface area contributed by atoms with Gasteiger partial charge in [0.25, 0.3) is 0 Å². The van der Waals surface area contributed by atoms with Gasteiger partial charge >= 0.3 is 0 Å². The first-order valence-corrected chi connectivity index (χ1v) is 11.8. The average molecular weight is 420 g/mol. The van der Waals surface area contributed by atoms with Crippen molar-refractivity contribution >= 4 is 28.6 Å². The molecule has 0 radical (unpaired) electrons. The monoisotopic (exact) mass is 419 g/mol. The summed E-state index contributed by atoms with van der Waals surface area (Å²) in [6.45, 7) is 10.2. The molecular formula is C24H29N5S. The maximum atomic E-state index is 9.43. The highest BCUT2D eigenvalue weighted by molar-refractivity contribution is 7.98. The first-order valence-electron chi connectivity index (χ1n) is 10.6. The Morgan fingerprint density at radius 3 is 2.73 bits per heavy atom. The van der Waals surface area contributed by atoms with Crippen molar-refractivity contribution in [2.75, 3.05) is 24.2 Å². The van der Waals surface area contributed by atoms with E-state index in [4.69, 9.17) is 9.97 Å². The van der Waals surface area contributed by atoms with Crippen LogP contribution in [0.25, 0.3) is 16.7 Å². The number of aryl methyl sites for hydroxylation is 2. The first-order chi connectivity index (χ1) is 14.4. The largest absolute Gasteiger partial charge is 0.355 e. The van der Waals surface area contributed by atoms with Crippen LogP contribution in [0, 0.1) is 31.1 Å². The Labute approximate surface area is 183 Å². The molecule has 1 fully saturated rings. The summed E-state index contributed by atoms with van der Waals surface area (Å²) in [5.41, 5.74) is 4.61. The summed E-state index contributed by atoms with van der Waals surface area (Å²) in [6, 6.07) is 9.18. The molecule has 4 rings (SSSR count). The number of piperidine rings is 1. The van der Waals surface area contributed by atoms with Gasteiger partial charge in [0.15, 0.2) is 5.65 Å². The molecule has 1 saturated heterocycles. The summed E-state index contributed by atoms with van der Waals surface area (Å²) < 4.78 is 2.21. The van der Waals surface area contributed by atoms with Crippen molar-refractivity contribution in [2.45, 2.75) is 51.3 Å². The summed E-state index contributed by atoms with van der Waals surface area (Å²) >= 11 is 1.77. The van der Waals surface area contributed by atoms with E-state index >= 15 is 0 Å². The topological polar surface area (TPSA) is 57.7 Å². The molecule has 5 nitrogen and oxygen atoms in total. The van der Waals surface area contributed by atoms with Crippen molar-refractivity contribution in [1.29, 1.82) is 5.26 Å². The minimum absolute atomic E-state index is 0.0677. The molecule has 2 aromatic heterocycles. The highest BCUT2D eigenvalue weighted by Gasteiger charge is 2.25. The molecule has 1 atom stereocenters. The van der Waals surface area contributed by atoms with E-state index in [9.17, 15) is 5.26 Å². The highest BCUT2D eigenvalue weighted by atomic mass is 32.2. The minimum atomic E-state index is 0.0677. The lowest BCUT2D eigenvalue weighted by molar-refractivity contribution is 0.491. The Bertz CT molecular complexity index is 1120. The number of rotatable bonds is 4. The van der Waals surface area contributed by atoms with Gasteiger partial charge in [-0.15, -0.1) is 11.8 Å². The molecule has 30 heavy (non-hydrogen) atoms. The summed E-state index contributed by atoms with van der Waals surface area (Å²) in [5.74, 6) is 2.30. The molecule has 0 N–H and O–H groups in total. The Kier molecular flexibility index (Phi) is 5.75.